The van der Waals surface area contributed by atoms with Crippen molar-refractivity contribution >= 4 is 5.97 Å². The number of aliphatic carboxylic acids is 1. The number of unbranched alkanes of at least 4 members (excludes halogenated alkanes) is 5. The van der Waals surface area contributed by atoms with Crippen molar-refractivity contribution in [3.05, 3.63) is 12.2 Å². The lowest BCUT2D eigenvalue weighted by molar-refractivity contribution is -0.144. The quantitative estimate of drug-likeness (QED) is 0.395. The molecule has 4 nitrogen and oxygen atoms in total. The monoisotopic (exact) mass is 326 g/mol. The maximum Gasteiger partial charge on any atom is 0.306 e. The van der Waals surface area contributed by atoms with E-state index in [2.05, 4.69) is 6.92 Å². The summed E-state index contributed by atoms with van der Waals surface area (Å²) in [4.78, 5) is 10.8. The average molecular weight is 326 g/mol. The Morgan fingerprint density at radius 2 is 1.96 bits per heavy atom. The fourth-order valence-corrected chi connectivity index (χ4v) is 3.51. The van der Waals surface area contributed by atoms with Crippen LogP contribution in [-0.4, -0.2) is 33.0 Å². The maximum atomic E-state index is 10.8. The summed E-state index contributed by atoms with van der Waals surface area (Å²) in [5, 5.41) is 29.3. The summed E-state index contributed by atoms with van der Waals surface area (Å²) in [6.45, 7) is 2.21. The van der Waals surface area contributed by atoms with Crippen molar-refractivity contribution < 1.29 is 20.1 Å². The van der Waals surface area contributed by atoms with E-state index >= 15 is 0 Å². The molecule has 0 bridgehead atoms. The Morgan fingerprint density at radius 1 is 1.26 bits per heavy atom. The van der Waals surface area contributed by atoms with Gasteiger partial charge in [-0.15, -0.1) is 0 Å². The van der Waals surface area contributed by atoms with E-state index in [9.17, 15) is 15.0 Å². The Kier molecular flexibility index (Phi) is 9.49. The molecule has 23 heavy (non-hydrogen) atoms. The van der Waals surface area contributed by atoms with Crippen molar-refractivity contribution in [3.8, 4) is 0 Å². The number of hydrogen-bond donors (Lipinski definition) is 3. The minimum Gasteiger partial charge on any atom is -0.481 e. The highest BCUT2D eigenvalue weighted by Crippen LogP contribution is 2.35. The highest BCUT2D eigenvalue weighted by Gasteiger charge is 2.35. The second-order valence-electron chi connectivity index (χ2n) is 7.16. The zero-order chi connectivity index (χ0) is 17.1. The van der Waals surface area contributed by atoms with Gasteiger partial charge in [-0.05, 0) is 38.0 Å². The third-order valence-corrected chi connectivity index (χ3v) is 4.80. The normalized spacial score (nSPS) is 26.5. The molecule has 3 atom stereocenters. The summed E-state index contributed by atoms with van der Waals surface area (Å²) in [5.74, 6) is -0.771. The molecule has 0 unspecified atom stereocenters. The van der Waals surface area contributed by atoms with Gasteiger partial charge >= 0.3 is 5.97 Å². The van der Waals surface area contributed by atoms with Crippen LogP contribution in [0.3, 0.4) is 0 Å². The van der Waals surface area contributed by atoms with E-state index in [0.717, 1.165) is 25.7 Å². The van der Waals surface area contributed by atoms with Gasteiger partial charge in [0.2, 0.25) is 0 Å². The summed E-state index contributed by atoms with van der Waals surface area (Å²) in [6, 6.07) is 0. The molecule has 1 saturated carbocycles. The summed E-state index contributed by atoms with van der Waals surface area (Å²) in [6.07, 6.45) is 14.1. The molecule has 0 aromatic heterocycles. The first-order valence-corrected chi connectivity index (χ1v) is 9.26. The molecule has 4 heteroatoms. The van der Waals surface area contributed by atoms with Crippen LogP contribution in [0.1, 0.15) is 84.0 Å². The fraction of sp³-hybridized carbons (Fsp3) is 0.842. The van der Waals surface area contributed by atoms with Crippen molar-refractivity contribution in [2.24, 2.45) is 5.92 Å². The van der Waals surface area contributed by atoms with Gasteiger partial charge in [0.15, 0.2) is 0 Å². The van der Waals surface area contributed by atoms with Crippen molar-refractivity contribution in [3.63, 3.8) is 0 Å². The summed E-state index contributed by atoms with van der Waals surface area (Å²) >= 11 is 0. The zero-order valence-electron chi connectivity index (χ0n) is 14.5. The Balaban J connectivity index is 2.25. The first kappa shape index (κ1) is 20.2. The van der Waals surface area contributed by atoms with Gasteiger partial charge in [0.05, 0.1) is 18.1 Å². The van der Waals surface area contributed by atoms with E-state index in [4.69, 9.17) is 5.11 Å². The van der Waals surface area contributed by atoms with Gasteiger partial charge in [-0.1, -0.05) is 57.6 Å². The topological polar surface area (TPSA) is 77.8 Å². The Morgan fingerprint density at radius 3 is 2.65 bits per heavy atom. The molecule has 0 amide bonds. The van der Waals surface area contributed by atoms with Crippen molar-refractivity contribution in [2.75, 3.05) is 0 Å². The summed E-state index contributed by atoms with van der Waals surface area (Å²) < 4.78 is 0. The standard InChI is InChI=1S/C19H34O4/c1-2-3-4-5-6-7-10-17(20)12-11-16-9-8-13-19(23,14-16)15-18(21)22/h11-12,16-17,20,23H,2-10,13-15H2,1H3,(H,21,22)/b12-11+/t16-,17+,19+/m1/s1. The number of rotatable bonds is 11. The molecule has 134 valence electrons. The van der Waals surface area contributed by atoms with E-state index in [1.807, 2.05) is 12.2 Å². The number of hydrogen-bond acceptors (Lipinski definition) is 3. The molecule has 0 aromatic carbocycles. The third kappa shape index (κ3) is 9.11. The highest BCUT2D eigenvalue weighted by molar-refractivity contribution is 5.68. The van der Waals surface area contributed by atoms with Crippen LogP contribution in [-0.2, 0) is 4.79 Å². The summed E-state index contributed by atoms with van der Waals surface area (Å²) in [5.41, 5.74) is -1.08. The van der Waals surface area contributed by atoms with Gasteiger partial charge in [0, 0.05) is 0 Å². The van der Waals surface area contributed by atoms with Gasteiger partial charge in [0.1, 0.15) is 0 Å². The molecule has 1 rings (SSSR count). The van der Waals surface area contributed by atoms with Crippen LogP contribution >= 0.6 is 0 Å². The Hall–Kier alpha value is -0.870. The maximum absolute atomic E-state index is 10.8. The van der Waals surface area contributed by atoms with Gasteiger partial charge < -0.3 is 15.3 Å². The minimum atomic E-state index is -1.08. The SMILES string of the molecule is CCCCCCCC[C@H](O)/C=C/[C@H]1CCC[C@@](O)(CC(=O)O)C1. The summed E-state index contributed by atoms with van der Waals surface area (Å²) in [7, 11) is 0. The molecule has 0 saturated heterocycles. The number of carbonyl (C=O) groups is 1. The van der Waals surface area contributed by atoms with Crippen LogP contribution in [0.5, 0.6) is 0 Å². The zero-order valence-corrected chi connectivity index (χ0v) is 14.5. The van der Waals surface area contributed by atoms with Gasteiger partial charge in [-0.2, -0.15) is 0 Å². The predicted molar refractivity (Wildman–Crippen MR) is 92.3 cm³/mol. The first-order valence-electron chi connectivity index (χ1n) is 9.26. The van der Waals surface area contributed by atoms with Crippen molar-refractivity contribution in [1.82, 2.24) is 0 Å². The second kappa shape index (κ2) is 10.8. The van der Waals surface area contributed by atoms with Crippen LogP contribution in [0.4, 0.5) is 0 Å². The number of carboxylic acid groups (broad SMARTS) is 1. The Labute approximate surface area is 140 Å². The van der Waals surface area contributed by atoms with E-state index in [1.54, 1.807) is 0 Å². The van der Waals surface area contributed by atoms with Crippen LogP contribution in [0, 0.1) is 5.92 Å². The first-order chi connectivity index (χ1) is 10.9. The average Bonchev–Trinajstić information content (AvgIpc) is 2.47. The van der Waals surface area contributed by atoms with Crippen LogP contribution < -0.4 is 0 Å². The molecule has 1 fully saturated rings. The van der Waals surface area contributed by atoms with Crippen molar-refractivity contribution in [1.29, 1.82) is 0 Å². The molecule has 0 heterocycles. The van der Waals surface area contributed by atoms with Crippen molar-refractivity contribution in [2.45, 2.75) is 95.7 Å². The van der Waals surface area contributed by atoms with E-state index < -0.39 is 17.7 Å². The highest BCUT2D eigenvalue weighted by atomic mass is 16.4. The third-order valence-electron chi connectivity index (χ3n) is 4.80. The Bertz CT molecular complexity index is 366. The molecule has 0 radical (unpaired) electrons. The molecule has 3 N–H and O–H groups in total. The lowest BCUT2D eigenvalue weighted by Gasteiger charge is -2.34. The van der Waals surface area contributed by atoms with Crippen LogP contribution in [0.25, 0.3) is 0 Å². The van der Waals surface area contributed by atoms with Gasteiger partial charge in [-0.3, -0.25) is 4.79 Å². The lowest BCUT2D eigenvalue weighted by Crippen LogP contribution is -2.37. The molecule has 1 aliphatic carbocycles. The number of allylic oxidation sites excluding steroid dienone is 1. The van der Waals surface area contributed by atoms with E-state index in [-0.39, 0.29) is 12.3 Å². The van der Waals surface area contributed by atoms with Crippen LogP contribution in [0.15, 0.2) is 12.2 Å². The molecule has 0 spiro atoms. The number of aliphatic hydroxyl groups is 2. The smallest absolute Gasteiger partial charge is 0.306 e. The van der Waals surface area contributed by atoms with Gasteiger partial charge in [0.25, 0.3) is 0 Å². The molecule has 0 aromatic rings. The number of carboxylic acids is 1. The fourth-order valence-electron chi connectivity index (χ4n) is 3.51. The second-order valence-corrected chi connectivity index (χ2v) is 7.16. The molecular formula is C19H34O4. The van der Waals surface area contributed by atoms with Gasteiger partial charge in [-0.25, -0.2) is 0 Å². The van der Waals surface area contributed by atoms with E-state index in [1.165, 1.54) is 32.1 Å². The van der Waals surface area contributed by atoms with Crippen LogP contribution in [0.2, 0.25) is 0 Å². The predicted octanol–water partition coefficient (Wildman–Crippen LogP) is 4.05. The lowest BCUT2D eigenvalue weighted by atomic mass is 9.76. The largest absolute Gasteiger partial charge is 0.481 e. The molecule has 1 aliphatic rings. The molecular weight excluding hydrogens is 292 g/mol. The minimum absolute atomic E-state index is 0.173. The number of aliphatic hydroxyl groups excluding tert-OH is 1. The molecule has 0 aliphatic heterocycles. The van der Waals surface area contributed by atoms with E-state index in [0.29, 0.717) is 12.8 Å².